The largest absolute Gasteiger partial charge is 0.490 e. The fourth-order valence-electron chi connectivity index (χ4n) is 1.21. The Morgan fingerprint density at radius 3 is 2.89 bits per heavy atom. The number of hydrogen-bond acceptors (Lipinski definition) is 3. The third-order valence-electron chi connectivity index (χ3n) is 2.28. The van der Waals surface area contributed by atoms with E-state index < -0.39 is 0 Å². The molecule has 0 aromatic heterocycles. The van der Waals surface area contributed by atoms with Crippen molar-refractivity contribution in [1.29, 1.82) is 0 Å². The molecule has 1 atom stereocenters. The number of methoxy groups -OCH3 is 1. The van der Waals surface area contributed by atoms with Crippen LogP contribution in [-0.2, 0) is 4.74 Å². The minimum absolute atomic E-state index is 0.0147. The third-order valence-corrected chi connectivity index (χ3v) is 2.28. The molecule has 0 amide bonds. The molecule has 1 aromatic carbocycles. The van der Waals surface area contributed by atoms with Crippen molar-refractivity contribution in [3.63, 3.8) is 0 Å². The van der Waals surface area contributed by atoms with Gasteiger partial charge in [0.25, 0.3) is 0 Å². The van der Waals surface area contributed by atoms with Gasteiger partial charge in [0.05, 0.1) is 18.3 Å². The van der Waals surface area contributed by atoms with Gasteiger partial charge in [-0.05, 0) is 25.1 Å². The van der Waals surface area contributed by atoms with Crippen LogP contribution in [-0.4, -0.2) is 31.5 Å². The van der Waals surface area contributed by atoms with E-state index in [0.29, 0.717) is 24.3 Å². The highest BCUT2D eigenvalue weighted by molar-refractivity contribution is 5.46. The predicted molar refractivity (Wildman–Crippen MR) is 66.9 cm³/mol. The quantitative estimate of drug-likeness (QED) is 0.814. The van der Waals surface area contributed by atoms with Gasteiger partial charge in [-0.2, -0.15) is 0 Å². The first-order valence-electron chi connectivity index (χ1n) is 5.72. The second-order valence-corrected chi connectivity index (χ2v) is 3.77. The van der Waals surface area contributed by atoms with Crippen LogP contribution in [0.5, 0.6) is 5.75 Å². The molecule has 0 aliphatic heterocycles. The molecule has 1 unspecified atom stereocenters. The van der Waals surface area contributed by atoms with Crippen molar-refractivity contribution in [2.24, 2.45) is 0 Å². The first kappa shape index (κ1) is 14.5. The average Bonchev–Trinajstić information content (AvgIpc) is 2.37. The van der Waals surface area contributed by atoms with Gasteiger partial charge in [0.1, 0.15) is 18.2 Å². The van der Waals surface area contributed by atoms with Crippen LogP contribution in [0.1, 0.15) is 18.9 Å². The summed E-state index contributed by atoms with van der Waals surface area (Å²) >= 11 is 0. The molecule has 0 bridgehead atoms. The Hall–Kier alpha value is -1.57. The molecule has 4 heteroatoms. The summed E-state index contributed by atoms with van der Waals surface area (Å²) in [5.41, 5.74) is 0.478. The van der Waals surface area contributed by atoms with E-state index in [4.69, 9.17) is 14.6 Å². The normalized spacial score (nSPS) is 11.6. The summed E-state index contributed by atoms with van der Waals surface area (Å²) in [5.74, 6) is 5.68. The van der Waals surface area contributed by atoms with E-state index >= 15 is 0 Å². The van der Waals surface area contributed by atoms with E-state index in [0.717, 1.165) is 0 Å². The first-order valence-corrected chi connectivity index (χ1v) is 5.72. The topological polar surface area (TPSA) is 38.7 Å². The lowest BCUT2D eigenvalue weighted by Crippen LogP contribution is -2.16. The van der Waals surface area contributed by atoms with Gasteiger partial charge in [-0.1, -0.05) is 11.8 Å². The molecule has 0 saturated heterocycles. The Labute approximate surface area is 107 Å². The maximum absolute atomic E-state index is 13.1. The molecule has 0 fully saturated rings. The monoisotopic (exact) mass is 252 g/mol. The Balaban J connectivity index is 2.80. The average molecular weight is 252 g/mol. The molecule has 18 heavy (non-hydrogen) atoms. The van der Waals surface area contributed by atoms with E-state index in [9.17, 15) is 4.39 Å². The lowest BCUT2D eigenvalue weighted by atomic mass is 10.2. The molecular weight excluding hydrogens is 235 g/mol. The van der Waals surface area contributed by atoms with Crippen LogP contribution in [0.2, 0.25) is 0 Å². The molecule has 0 aliphatic carbocycles. The zero-order chi connectivity index (χ0) is 13.4. The Kier molecular flexibility index (Phi) is 6.20. The van der Waals surface area contributed by atoms with Crippen molar-refractivity contribution in [3.05, 3.63) is 29.6 Å². The summed E-state index contributed by atoms with van der Waals surface area (Å²) in [6.07, 6.45) is 0.304. The lowest BCUT2D eigenvalue weighted by Gasteiger charge is -2.12. The number of ether oxygens (including phenoxy) is 2. The highest BCUT2D eigenvalue weighted by atomic mass is 19.1. The minimum atomic E-state index is -0.365. The van der Waals surface area contributed by atoms with Crippen LogP contribution in [0.4, 0.5) is 4.39 Å². The van der Waals surface area contributed by atoms with Gasteiger partial charge in [-0.3, -0.25) is 0 Å². The standard InChI is InChI=1S/C14H17FO3/c1-11(17-2)10-18-14-7-6-13(15)9-12(14)5-3-4-8-16/h6-7,9,11,16H,4,8,10H2,1-2H3. The van der Waals surface area contributed by atoms with E-state index in [-0.39, 0.29) is 18.5 Å². The first-order chi connectivity index (χ1) is 8.67. The fraction of sp³-hybridized carbons (Fsp3) is 0.429. The highest BCUT2D eigenvalue weighted by Gasteiger charge is 2.06. The van der Waals surface area contributed by atoms with Gasteiger partial charge in [-0.15, -0.1) is 0 Å². The SMILES string of the molecule is COC(C)COc1ccc(F)cc1C#CCCO. The molecule has 1 N–H and O–H groups in total. The number of hydrogen-bond donors (Lipinski definition) is 1. The van der Waals surface area contributed by atoms with E-state index in [1.807, 2.05) is 6.92 Å². The van der Waals surface area contributed by atoms with Gasteiger partial charge in [0.2, 0.25) is 0 Å². The zero-order valence-electron chi connectivity index (χ0n) is 10.6. The number of benzene rings is 1. The van der Waals surface area contributed by atoms with Crippen molar-refractivity contribution in [2.75, 3.05) is 20.3 Å². The van der Waals surface area contributed by atoms with Crippen molar-refractivity contribution in [1.82, 2.24) is 0 Å². The molecule has 3 nitrogen and oxygen atoms in total. The molecule has 98 valence electrons. The van der Waals surface area contributed by atoms with E-state index in [1.165, 1.54) is 12.1 Å². The van der Waals surface area contributed by atoms with Gasteiger partial charge < -0.3 is 14.6 Å². The van der Waals surface area contributed by atoms with Gasteiger partial charge >= 0.3 is 0 Å². The van der Waals surface area contributed by atoms with Crippen LogP contribution in [0.15, 0.2) is 18.2 Å². The van der Waals surface area contributed by atoms with Crippen molar-refractivity contribution in [2.45, 2.75) is 19.4 Å². The zero-order valence-corrected chi connectivity index (χ0v) is 10.6. The lowest BCUT2D eigenvalue weighted by molar-refractivity contribution is 0.0715. The van der Waals surface area contributed by atoms with E-state index in [1.54, 1.807) is 13.2 Å². The van der Waals surface area contributed by atoms with Crippen LogP contribution in [0.3, 0.4) is 0 Å². The smallest absolute Gasteiger partial charge is 0.135 e. The number of rotatable bonds is 5. The fourth-order valence-corrected chi connectivity index (χ4v) is 1.21. The van der Waals surface area contributed by atoms with Gasteiger partial charge in [0.15, 0.2) is 0 Å². The van der Waals surface area contributed by atoms with Crippen LogP contribution in [0, 0.1) is 17.7 Å². The van der Waals surface area contributed by atoms with Crippen molar-refractivity contribution >= 4 is 0 Å². The summed E-state index contributed by atoms with van der Waals surface area (Å²) in [6, 6.07) is 4.18. The van der Waals surface area contributed by atoms with Crippen molar-refractivity contribution in [3.8, 4) is 17.6 Å². The number of aliphatic hydroxyl groups is 1. The Bertz CT molecular complexity index is 434. The molecule has 0 aliphatic rings. The van der Waals surface area contributed by atoms with Crippen LogP contribution >= 0.6 is 0 Å². The predicted octanol–water partition coefficient (Wildman–Crippen LogP) is 1.97. The summed E-state index contributed by atoms with van der Waals surface area (Å²) in [6.45, 7) is 2.23. The molecule has 0 radical (unpaired) electrons. The van der Waals surface area contributed by atoms with Crippen molar-refractivity contribution < 1.29 is 19.0 Å². The Morgan fingerprint density at radius 1 is 1.44 bits per heavy atom. The maximum atomic E-state index is 13.1. The molecule has 0 heterocycles. The maximum Gasteiger partial charge on any atom is 0.135 e. The summed E-state index contributed by atoms with van der Waals surface area (Å²) in [4.78, 5) is 0. The van der Waals surface area contributed by atoms with E-state index in [2.05, 4.69) is 11.8 Å². The molecule has 0 spiro atoms. The van der Waals surface area contributed by atoms with Gasteiger partial charge in [-0.25, -0.2) is 4.39 Å². The Morgan fingerprint density at radius 2 is 2.22 bits per heavy atom. The second kappa shape index (κ2) is 7.70. The third kappa shape index (κ3) is 4.74. The summed E-state index contributed by atoms with van der Waals surface area (Å²) in [7, 11) is 1.60. The van der Waals surface area contributed by atoms with Crippen LogP contribution in [0.25, 0.3) is 0 Å². The van der Waals surface area contributed by atoms with Crippen LogP contribution < -0.4 is 4.74 Å². The van der Waals surface area contributed by atoms with Gasteiger partial charge in [0, 0.05) is 13.5 Å². The highest BCUT2D eigenvalue weighted by Crippen LogP contribution is 2.19. The molecular formula is C14H17FO3. The summed E-state index contributed by atoms with van der Waals surface area (Å²) < 4.78 is 23.7. The molecule has 0 saturated carbocycles. The number of aliphatic hydroxyl groups excluding tert-OH is 1. The minimum Gasteiger partial charge on any atom is -0.490 e. The molecule has 1 rings (SSSR count). The summed E-state index contributed by atoms with van der Waals surface area (Å²) in [5, 5.41) is 8.65. The number of halogens is 1. The molecule has 1 aromatic rings. The second-order valence-electron chi connectivity index (χ2n) is 3.77.